The van der Waals surface area contributed by atoms with Crippen molar-refractivity contribution in [2.75, 3.05) is 6.61 Å². The van der Waals surface area contributed by atoms with Crippen LogP contribution in [0.1, 0.15) is 10.6 Å². The van der Waals surface area contributed by atoms with Crippen molar-refractivity contribution in [2.45, 2.75) is 18.2 Å². The normalized spacial score (nSPS) is 11.5. The van der Waals surface area contributed by atoms with E-state index in [4.69, 9.17) is 9.88 Å². The molecule has 2 aromatic heterocycles. The van der Waals surface area contributed by atoms with E-state index < -0.39 is 10.0 Å². The van der Waals surface area contributed by atoms with Gasteiger partial charge < -0.3 is 4.74 Å². The number of nitrogens with two attached hydrogens (primary N) is 1. The number of thiazole rings is 1. The molecule has 0 saturated heterocycles. The second kappa shape index (κ2) is 5.64. The van der Waals surface area contributed by atoms with E-state index in [1.54, 1.807) is 5.51 Å². The zero-order chi connectivity index (χ0) is 13.9. The lowest BCUT2D eigenvalue weighted by molar-refractivity contribution is 0.301. The van der Waals surface area contributed by atoms with Gasteiger partial charge in [-0.25, -0.2) is 23.5 Å². The van der Waals surface area contributed by atoms with Crippen molar-refractivity contribution in [1.29, 1.82) is 0 Å². The summed E-state index contributed by atoms with van der Waals surface area (Å²) >= 11 is 1.54. The minimum atomic E-state index is -3.82. The van der Waals surface area contributed by atoms with Crippen LogP contribution in [-0.4, -0.2) is 25.0 Å². The van der Waals surface area contributed by atoms with Gasteiger partial charge >= 0.3 is 0 Å². The summed E-state index contributed by atoms with van der Waals surface area (Å²) in [4.78, 5) is 9.03. The maximum atomic E-state index is 11.3. The molecule has 0 fully saturated rings. The first kappa shape index (κ1) is 13.9. The number of pyridine rings is 1. The van der Waals surface area contributed by atoms with Gasteiger partial charge in [-0.1, -0.05) is 0 Å². The first-order valence-electron chi connectivity index (χ1n) is 5.48. The Labute approximate surface area is 115 Å². The van der Waals surface area contributed by atoms with E-state index in [1.165, 1.54) is 29.7 Å². The molecule has 102 valence electrons. The summed E-state index contributed by atoms with van der Waals surface area (Å²) in [5.74, 6) is 0.0344. The molecule has 0 aliphatic carbocycles. The van der Waals surface area contributed by atoms with Crippen LogP contribution in [0.5, 0.6) is 5.88 Å². The number of primary sulfonamides is 1. The molecule has 0 saturated carbocycles. The maximum absolute atomic E-state index is 11.3. The average Bonchev–Trinajstić information content (AvgIpc) is 2.75. The van der Waals surface area contributed by atoms with Gasteiger partial charge in [0.15, 0.2) is 0 Å². The summed E-state index contributed by atoms with van der Waals surface area (Å²) in [5.41, 5.74) is 2.72. The van der Waals surface area contributed by atoms with Crippen LogP contribution in [-0.2, 0) is 16.4 Å². The summed E-state index contributed by atoms with van der Waals surface area (Å²) in [6.45, 7) is 2.24. The molecule has 0 spiro atoms. The van der Waals surface area contributed by atoms with Crippen molar-refractivity contribution in [1.82, 2.24) is 9.97 Å². The van der Waals surface area contributed by atoms with Crippen molar-refractivity contribution in [3.63, 3.8) is 0 Å². The van der Waals surface area contributed by atoms with Crippen molar-refractivity contribution >= 4 is 21.4 Å². The van der Waals surface area contributed by atoms with Crippen LogP contribution in [0.15, 0.2) is 28.7 Å². The predicted molar refractivity (Wildman–Crippen MR) is 71.7 cm³/mol. The molecular formula is C11H13N3O3S2. The van der Waals surface area contributed by atoms with E-state index >= 15 is 0 Å². The molecule has 2 aromatic rings. The Kier molecular flexibility index (Phi) is 4.13. The second-order valence-electron chi connectivity index (χ2n) is 3.81. The highest BCUT2D eigenvalue weighted by Gasteiger charge is 2.15. The largest absolute Gasteiger partial charge is 0.476 e. The molecule has 0 atom stereocenters. The highest BCUT2D eigenvalue weighted by molar-refractivity contribution is 7.89. The third-order valence-corrected chi connectivity index (χ3v) is 4.37. The van der Waals surface area contributed by atoms with Crippen LogP contribution < -0.4 is 9.88 Å². The molecule has 0 aliphatic heterocycles. The van der Waals surface area contributed by atoms with Gasteiger partial charge in [-0.15, -0.1) is 11.3 Å². The van der Waals surface area contributed by atoms with Gasteiger partial charge in [0.05, 0.1) is 17.8 Å². The Bertz CT molecular complexity index is 667. The summed E-state index contributed by atoms with van der Waals surface area (Å²) in [5, 5.41) is 5.09. The zero-order valence-corrected chi connectivity index (χ0v) is 11.9. The van der Waals surface area contributed by atoms with Gasteiger partial charge in [-0.05, 0) is 19.1 Å². The van der Waals surface area contributed by atoms with Crippen LogP contribution in [0.3, 0.4) is 0 Å². The number of nitrogens with zero attached hydrogens (tertiary/aromatic N) is 2. The van der Waals surface area contributed by atoms with Crippen molar-refractivity contribution < 1.29 is 13.2 Å². The van der Waals surface area contributed by atoms with Crippen LogP contribution in [0.2, 0.25) is 0 Å². The SMILES string of the molecule is Cc1ncsc1CCOc1ncccc1S(N)(=O)=O. The van der Waals surface area contributed by atoms with Crippen molar-refractivity contribution in [3.8, 4) is 5.88 Å². The lowest BCUT2D eigenvalue weighted by Gasteiger charge is -2.08. The van der Waals surface area contributed by atoms with Crippen molar-refractivity contribution in [3.05, 3.63) is 34.4 Å². The number of sulfonamides is 1. The molecule has 2 N–H and O–H groups in total. The topological polar surface area (TPSA) is 95.2 Å². The lowest BCUT2D eigenvalue weighted by Crippen LogP contribution is -2.15. The summed E-state index contributed by atoms with van der Waals surface area (Å²) in [7, 11) is -3.82. The van der Waals surface area contributed by atoms with E-state index in [9.17, 15) is 8.42 Å². The van der Waals surface area contributed by atoms with Gasteiger partial charge in [0.25, 0.3) is 0 Å². The average molecular weight is 299 g/mol. The van der Waals surface area contributed by atoms with E-state index in [1.807, 2.05) is 6.92 Å². The Hall–Kier alpha value is -1.51. The fourth-order valence-electron chi connectivity index (χ4n) is 1.51. The first-order valence-corrected chi connectivity index (χ1v) is 7.90. The van der Waals surface area contributed by atoms with Gasteiger partial charge in [0.1, 0.15) is 4.90 Å². The van der Waals surface area contributed by atoms with Gasteiger partial charge in [-0.2, -0.15) is 0 Å². The standard InChI is InChI=1S/C11H13N3O3S2/c1-8-9(18-7-14-8)4-6-17-11-10(19(12,15)16)3-2-5-13-11/h2-3,5,7H,4,6H2,1H3,(H2,12,15,16). The molecule has 0 amide bonds. The smallest absolute Gasteiger partial charge is 0.243 e. The molecule has 19 heavy (non-hydrogen) atoms. The van der Waals surface area contributed by atoms with E-state index in [2.05, 4.69) is 9.97 Å². The number of ether oxygens (including phenoxy) is 1. The molecule has 0 unspecified atom stereocenters. The zero-order valence-electron chi connectivity index (χ0n) is 10.2. The van der Waals surface area contributed by atoms with Crippen LogP contribution in [0.4, 0.5) is 0 Å². The molecule has 0 bridgehead atoms. The molecule has 0 aliphatic rings. The number of hydrogen-bond donors (Lipinski definition) is 1. The summed E-state index contributed by atoms with van der Waals surface area (Å²) in [6, 6.07) is 2.87. The minimum Gasteiger partial charge on any atom is -0.476 e. The maximum Gasteiger partial charge on any atom is 0.243 e. The third-order valence-electron chi connectivity index (χ3n) is 2.46. The molecular weight excluding hydrogens is 286 g/mol. The van der Waals surface area contributed by atoms with E-state index in [0.717, 1.165) is 10.6 Å². The summed E-state index contributed by atoms with van der Waals surface area (Å²) < 4.78 is 28.1. The summed E-state index contributed by atoms with van der Waals surface area (Å²) in [6.07, 6.45) is 2.11. The fraction of sp³-hybridized carbons (Fsp3) is 0.273. The predicted octanol–water partition coefficient (Wildman–Crippen LogP) is 1.12. The Morgan fingerprint density at radius 3 is 2.84 bits per heavy atom. The Balaban J connectivity index is 2.06. The van der Waals surface area contributed by atoms with Crippen LogP contribution in [0.25, 0.3) is 0 Å². The number of hydrogen-bond acceptors (Lipinski definition) is 6. The molecule has 0 radical (unpaired) electrons. The second-order valence-corrected chi connectivity index (χ2v) is 6.28. The van der Waals surface area contributed by atoms with Crippen LogP contribution >= 0.6 is 11.3 Å². The molecule has 6 nitrogen and oxygen atoms in total. The highest BCUT2D eigenvalue weighted by Crippen LogP contribution is 2.19. The van der Waals surface area contributed by atoms with Crippen molar-refractivity contribution in [2.24, 2.45) is 5.14 Å². The van der Waals surface area contributed by atoms with Crippen LogP contribution in [0, 0.1) is 6.92 Å². The molecule has 2 heterocycles. The van der Waals surface area contributed by atoms with Gasteiger partial charge in [0.2, 0.25) is 15.9 Å². The Morgan fingerprint density at radius 2 is 2.21 bits per heavy atom. The third kappa shape index (κ3) is 3.49. The quantitative estimate of drug-likeness (QED) is 0.892. The number of aromatic nitrogens is 2. The lowest BCUT2D eigenvalue weighted by atomic mass is 10.3. The van der Waals surface area contributed by atoms with E-state index in [0.29, 0.717) is 13.0 Å². The number of rotatable bonds is 5. The molecule has 8 heteroatoms. The molecule has 0 aromatic carbocycles. The van der Waals surface area contributed by atoms with Gasteiger partial charge in [-0.3, -0.25) is 0 Å². The monoisotopic (exact) mass is 299 g/mol. The fourth-order valence-corrected chi connectivity index (χ4v) is 2.89. The van der Waals surface area contributed by atoms with Gasteiger partial charge in [0, 0.05) is 17.5 Å². The Morgan fingerprint density at radius 1 is 1.42 bits per heavy atom. The minimum absolute atomic E-state index is 0.0344. The number of aryl methyl sites for hydroxylation is 1. The van der Waals surface area contributed by atoms with E-state index in [-0.39, 0.29) is 10.8 Å². The first-order chi connectivity index (χ1) is 8.98. The molecule has 2 rings (SSSR count). The highest BCUT2D eigenvalue weighted by atomic mass is 32.2.